The zero-order valence-corrected chi connectivity index (χ0v) is 13.4. The van der Waals surface area contributed by atoms with Gasteiger partial charge in [-0.05, 0) is 42.8 Å². The molecule has 20 heavy (non-hydrogen) atoms. The summed E-state index contributed by atoms with van der Waals surface area (Å²) in [6, 6.07) is 8.34. The van der Waals surface area contributed by atoms with Crippen molar-refractivity contribution in [2.24, 2.45) is 0 Å². The number of hydrogen-bond acceptors (Lipinski definition) is 3. The first-order chi connectivity index (χ1) is 9.42. The number of ketones is 1. The molecule has 0 unspecified atom stereocenters. The fourth-order valence-corrected chi connectivity index (χ4v) is 2.49. The third-order valence-corrected chi connectivity index (χ3v) is 3.98. The summed E-state index contributed by atoms with van der Waals surface area (Å²) in [5, 5.41) is 0.429. The Labute approximate surface area is 130 Å². The molecule has 0 fully saturated rings. The Hall–Kier alpha value is -1.52. The Balaban J connectivity index is 2.55. The smallest absolute Gasteiger partial charge is 0.196 e. The van der Waals surface area contributed by atoms with Crippen LogP contribution in [0.3, 0.4) is 0 Å². The van der Waals surface area contributed by atoms with Crippen molar-refractivity contribution in [3.63, 3.8) is 0 Å². The van der Waals surface area contributed by atoms with Gasteiger partial charge in [0.1, 0.15) is 5.75 Å². The van der Waals surface area contributed by atoms with E-state index in [0.717, 1.165) is 10.0 Å². The van der Waals surface area contributed by atoms with E-state index in [2.05, 4.69) is 15.9 Å². The van der Waals surface area contributed by atoms with E-state index in [-0.39, 0.29) is 5.78 Å². The van der Waals surface area contributed by atoms with Crippen LogP contribution in [-0.2, 0) is 0 Å². The maximum atomic E-state index is 12.6. The molecule has 0 amide bonds. The predicted molar refractivity (Wildman–Crippen MR) is 84.7 cm³/mol. The van der Waals surface area contributed by atoms with Crippen LogP contribution in [0.1, 0.15) is 21.5 Å². The molecular weight excluding hydrogens is 342 g/mol. The molecule has 0 aliphatic rings. The Morgan fingerprint density at radius 2 is 1.95 bits per heavy atom. The number of nitrogens with two attached hydrogens (primary N) is 1. The largest absolute Gasteiger partial charge is 0.496 e. The number of hydrogen-bond donors (Lipinski definition) is 1. The highest BCUT2D eigenvalue weighted by Crippen LogP contribution is 2.29. The Morgan fingerprint density at radius 3 is 2.55 bits per heavy atom. The first-order valence-electron chi connectivity index (χ1n) is 5.87. The fourth-order valence-electron chi connectivity index (χ4n) is 1.90. The number of rotatable bonds is 3. The summed E-state index contributed by atoms with van der Waals surface area (Å²) in [6.45, 7) is 1.93. The molecule has 5 heteroatoms. The van der Waals surface area contributed by atoms with Gasteiger partial charge in [0.25, 0.3) is 0 Å². The van der Waals surface area contributed by atoms with E-state index < -0.39 is 0 Å². The van der Waals surface area contributed by atoms with E-state index in [1.165, 1.54) is 7.11 Å². The molecule has 0 spiro atoms. The number of nitrogen functional groups attached to an aromatic ring is 1. The van der Waals surface area contributed by atoms with Gasteiger partial charge in [0, 0.05) is 20.7 Å². The minimum atomic E-state index is -0.184. The molecule has 104 valence electrons. The van der Waals surface area contributed by atoms with E-state index >= 15 is 0 Å². The third-order valence-electron chi connectivity index (χ3n) is 2.91. The maximum Gasteiger partial charge on any atom is 0.196 e. The van der Waals surface area contributed by atoms with Gasteiger partial charge in [-0.2, -0.15) is 0 Å². The Bertz CT molecular complexity index is 666. The van der Waals surface area contributed by atoms with Crippen LogP contribution >= 0.6 is 27.5 Å². The highest BCUT2D eigenvalue weighted by molar-refractivity contribution is 9.10. The lowest BCUT2D eigenvalue weighted by atomic mass is 10.0. The van der Waals surface area contributed by atoms with Crippen LogP contribution < -0.4 is 10.5 Å². The molecule has 0 aromatic heterocycles. The standard InChI is InChI=1S/C15H13BrClNO2/c1-8-3-14(20-2)12(7-13(8)16)15(19)9-4-10(17)6-11(18)5-9/h3-7H,18H2,1-2H3. The van der Waals surface area contributed by atoms with E-state index in [9.17, 15) is 4.79 Å². The number of anilines is 1. The summed E-state index contributed by atoms with van der Waals surface area (Å²) in [7, 11) is 1.53. The first-order valence-corrected chi connectivity index (χ1v) is 7.04. The van der Waals surface area contributed by atoms with Gasteiger partial charge in [0.15, 0.2) is 5.78 Å². The maximum absolute atomic E-state index is 12.6. The van der Waals surface area contributed by atoms with Crippen molar-refractivity contribution in [3.05, 3.63) is 56.5 Å². The van der Waals surface area contributed by atoms with Gasteiger partial charge in [-0.25, -0.2) is 0 Å². The van der Waals surface area contributed by atoms with Gasteiger partial charge in [0.2, 0.25) is 0 Å². The van der Waals surface area contributed by atoms with Gasteiger partial charge < -0.3 is 10.5 Å². The lowest BCUT2D eigenvalue weighted by molar-refractivity contribution is 0.103. The SMILES string of the molecule is COc1cc(C)c(Br)cc1C(=O)c1cc(N)cc(Cl)c1. The second kappa shape index (κ2) is 5.85. The number of carbonyl (C=O) groups excluding carboxylic acids is 1. The van der Waals surface area contributed by atoms with Gasteiger partial charge in [0.05, 0.1) is 12.7 Å². The molecule has 0 saturated carbocycles. The van der Waals surface area contributed by atoms with Crippen molar-refractivity contribution in [1.82, 2.24) is 0 Å². The molecule has 0 heterocycles. The highest BCUT2D eigenvalue weighted by Gasteiger charge is 2.17. The van der Waals surface area contributed by atoms with Gasteiger partial charge >= 0.3 is 0 Å². The summed E-state index contributed by atoms with van der Waals surface area (Å²) < 4.78 is 6.12. The van der Waals surface area contributed by atoms with Crippen LogP contribution in [0.5, 0.6) is 5.75 Å². The van der Waals surface area contributed by atoms with Crippen LogP contribution in [0.2, 0.25) is 5.02 Å². The molecule has 2 aromatic carbocycles. The molecular formula is C15H13BrClNO2. The van der Waals surface area contributed by atoms with Crippen molar-refractivity contribution in [2.45, 2.75) is 6.92 Å². The molecule has 0 bridgehead atoms. The van der Waals surface area contributed by atoms with E-state index in [4.69, 9.17) is 22.1 Å². The predicted octanol–water partition coefficient (Wildman–Crippen LogP) is 4.23. The monoisotopic (exact) mass is 353 g/mol. The van der Waals surface area contributed by atoms with Crippen molar-refractivity contribution in [1.29, 1.82) is 0 Å². The van der Waals surface area contributed by atoms with Gasteiger partial charge in [-0.3, -0.25) is 4.79 Å². The Morgan fingerprint density at radius 1 is 1.25 bits per heavy atom. The topological polar surface area (TPSA) is 52.3 Å². The van der Waals surface area contributed by atoms with Crippen LogP contribution in [0, 0.1) is 6.92 Å². The van der Waals surface area contributed by atoms with Crippen LogP contribution in [0.4, 0.5) is 5.69 Å². The zero-order valence-electron chi connectivity index (χ0n) is 11.0. The molecule has 3 nitrogen and oxygen atoms in total. The van der Waals surface area contributed by atoms with E-state index in [1.54, 1.807) is 24.3 Å². The quantitative estimate of drug-likeness (QED) is 0.663. The molecule has 2 N–H and O–H groups in total. The zero-order chi connectivity index (χ0) is 14.9. The van der Waals surface area contributed by atoms with Crippen molar-refractivity contribution in [2.75, 3.05) is 12.8 Å². The summed E-state index contributed by atoms with van der Waals surface area (Å²) >= 11 is 9.36. The highest BCUT2D eigenvalue weighted by atomic mass is 79.9. The van der Waals surface area contributed by atoms with Crippen LogP contribution in [0.15, 0.2) is 34.8 Å². The van der Waals surface area contributed by atoms with Gasteiger partial charge in [-0.1, -0.05) is 27.5 Å². The summed E-state index contributed by atoms with van der Waals surface area (Å²) in [5.41, 5.74) is 8.06. The number of ether oxygens (including phenoxy) is 1. The number of carbonyl (C=O) groups is 1. The molecule has 0 aliphatic heterocycles. The van der Waals surface area contributed by atoms with Crippen LogP contribution in [-0.4, -0.2) is 12.9 Å². The molecule has 0 saturated heterocycles. The molecule has 2 aromatic rings. The van der Waals surface area contributed by atoms with E-state index in [0.29, 0.717) is 27.6 Å². The molecule has 0 aliphatic carbocycles. The van der Waals surface area contributed by atoms with Gasteiger partial charge in [-0.15, -0.1) is 0 Å². The lowest BCUT2D eigenvalue weighted by Gasteiger charge is -2.11. The normalized spacial score (nSPS) is 10.4. The minimum Gasteiger partial charge on any atom is -0.496 e. The third kappa shape index (κ3) is 2.97. The van der Waals surface area contributed by atoms with E-state index in [1.807, 2.05) is 13.0 Å². The number of halogens is 2. The lowest BCUT2D eigenvalue weighted by Crippen LogP contribution is -2.05. The average Bonchev–Trinajstić information content (AvgIpc) is 2.39. The average molecular weight is 355 g/mol. The first kappa shape index (κ1) is 14.9. The van der Waals surface area contributed by atoms with Crippen molar-refractivity contribution in [3.8, 4) is 5.75 Å². The second-order valence-electron chi connectivity index (χ2n) is 4.40. The number of benzene rings is 2. The number of methoxy groups -OCH3 is 1. The number of aryl methyl sites for hydroxylation is 1. The second-order valence-corrected chi connectivity index (χ2v) is 5.69. The summed E-state index contributed by atoms with van der Waals surface area (Å²) in [5.74, 6) is 0.339. The summed E-state index contributed by atoms with van der Waals surface area (Å²) in [6.07, 6.45) is 0. The molecule has 0 radical (unpaired) electrons. The van der Waals surface area contributed by atoms with Crippen molar-refractivity contribution < 1.29 is 9.53 Å². The molecule has 0 atom stereocenters. The summed E-state index contributed by atoms with van der Waals surface area (Å²) in [4.78, 5) is 12.6. The van der Waals surface area contributed by atoms with Crippen molar-refractivity contribution >= 4 is 39.0 Å². The molecule has 2 rings (SSSR count). The fraction of sp³-hybridized carbons (Fsp3) is 0.133. The van der Waals surface area contributed by atoms with Crippen LogP contribution in [0.25, 0.3) is 0 Å². The minimum absolute atomic E-state index is 0.184. The Kier molecular flexibility index (Phi) is 4.35.